The van der Waals surface area contributed by atoms with E-state index in [0.29, 0.717) is 12.5 Å². The van der Waals surface area contributed by atoms with Crippen LogP contribution in [0.25, 0.3) is 4.85 Å². The third-order valence-corrected chi connectivity index (χ3v) is 9.31. The molecule has 1 rings (SSSR count). The van der Waals surface area contributed by atoms with Crippen LogP contribution in [-0.2, 0) is 18.5 Å². The first-order valence-electron chi connectivity index (χ1n) is 10.8. The molecule has 174 valence electrons. The van der Waals surface area contributed by atoms with Gasteiger partial charge in [-0.3, -0.25) is 0 Å². The summed E-state index contributed by atoms with van der Waals surface area (Å²) in [6.45, 7) is 22.6. The van der Waals surface area contributed by atoms with E-state index in [2.05, 4.69) is 63.1 Å². The van der Waals surface area contributed by atoms with Gasteiger partial charge in [0.05, 0.1) is 12.6 Å². The lowest BCUT2D eigenvalue weighted by molar-refractivity contribution is -0.0111. The molecule has 0 aromatic carbocycles. The van der Waals surface area contributed by atoms with Gasteiger partial charge in [-0.15, -0.1) is 0 Å². The molecule has 0 aliphatic carbocycles. The van der Waals surface area contributed by atoms with Crippen molar-refractivity contribution in [2.24, 2.45) is 0 Å². The van der Waals surface area contributed by atoms with Crippen molar-refractivity contribution in [2.75, 3.05) is 25.7 Å². The van der Waals surface area contributed by atoms with Crippen LogP contribution in [-0.4, -0.2) is 85.9 Å². The summed E-state index contributed by atoms with van der Waals surface area (Å²) < 4.78 is 34.3. The molecule has 1 saturated heterocycles. The Kier molecular flexibility index (Phi) is 12.3. The molecule has 30 heavy (non-hydrogen) atoms. The van der Waals surface area contributed by atoms with Crippen LogP contribution in [0.15, 0.2) is 0 Å². The van der Waals surface area contributed by atoms with E-state index in [9.17, 15) is 0 Å². The first-order chi connectivity index (χ1) is 14.5. The topological polar surface area (TPSA) is 64.8 Å². The van der Waals surface area contributed by atoms with E-state index in [1.54, 1.807) is 21.6 Å². The van der Waals surface area contributed by atoms with Gasteiger partial charge in [-0.2, -0.15) is 0 Å². The molecule has 0 bridgehead atoms. The van der Waals surface area contributed by atoms with Crippen molar-refractivity contribution in [2.45, 2.75) is 89.6 Å². The third kappa shape index (κ3) is 9.52. The maximum absolute atomic E-state index is 7.21. The van der Waals surface area contributed by atoms with E-state index in [1.165, 1.54) is 0 Å². The number of rotatable bonds is 14. The zero-order chi connectivity index (χ0) is 23.6. The van der Waals surface area contributed by atoms with Crippen LogP contribution < -0.4 is 0 Å². The Morgan fingerprint density at radius 1 is 1.30 bits per heavy atom. The molecule has 0 radical (unpaired) electrons. The fraction of sp³-hybridized carbons (Fsp3) is 0.947. The van der Waals surface area contributed by atoms with Crippen LogP contribution in [0.1, 0.15) is 48.5 Å². The summed E-state index contributed by atoms with van der Waals surface area (Å²) in [6, 6.07) is 0.197. The van der Waals surface area contributed by atoms with Crippen molar-refractivity contribution in [1.82, 2.24) is 4.67 Å². The second kappa shape index (κ2) is 13.9. The fourth-order valence-corrected chi connectivity index (χ4v) is 6.85. The lowest BCUT2D eigenvalue weighted by atomic mass is 9.93. The molecule has 1 N–H and O–H groups in total. The maximum atomic E-state index is 7.21. The third-order valence-electron chi connectivity index (χ3n) is 4.19. The van der Waals surface area contributed by atoms with Gasteiger partial charge in [-0.05, 0) is 27.7 Å². The highest BCUT2D eigenvalue weighted by atomic mass is 33.1. The number of aliphatic hydroxyl groups excluding tert-OH is 1. The average molecular weight is 481 g/mol. The van der Waals surface area contributed by atoms with Crippen molar-refractivity contribution in [3.63, 3.8) is 0 Å². The molecule has 1 fully saturated rings. The molecule has 1 heterocycles. The largest absolute Gasteiger partial charge is 0.394 e. The molecule has 0 aromatic rings. The number of hydrogen-bond acceptors (Lipinski definition) is 8. The lowest BCUT2D eigenvalue weighted by Gasteiger charge is -2.38. The van der Waals surface area contributed by atoms with Gasteiger partial charge >= 0.3 is 0 Å². The molecule has 2 unspecified atom stereocenters. The standard InChI is InChI=1S/C19H38BN2O5PS2/c1-13(2)22(14(3)4)28(25-10-9-21-8)27-16-15(11-23)26-18(20)17(16)24-12-29-30-19(5,6)7/h13-18,23H,9-12,20H2,1-7H3/t15-,16?,17+,18-,28?/m1/s1/i23D. The van der Waals surface area contributed by atoms with Crippen LogP contribution in [0.5, 0.6) is 0 Å². The SMILES string of the molecule is [2H]OC[C@H]1O[C@@H](B)[C@@H](OCSSC(C)(C)C)C1OP(OCC[N+]#[C-])N(C(C)C)C(C)C. The summed E-state index contributed by atoms with van der Waals surface area (Å²) in [5.41, 5.74) is 0. The first kappa shape index (κ1) is 26.7. The summed E-state index contributed by atoms with van der Waals surface area (Å²) in [5.74, 6) is 0.503. The Bertz CT molecular complexity index is 548. The predicted octanol–water partition coefficient (Wildman–Crippen LogP) is 3.53. The number of nitrogens with zero attached hydrogens (tertiary/aromatic N) is 2. The first-order valence-corrected chi connectivity index (χ1v) is 13.8. The van der Waals surface area contributed by atoms with Crippen LogP contribution in [0.4, 0.5) is 0 Å². The van der Waals surface area contributed by atoms with Gasteiger partial charge < -0.3 is 28.5 Å². The van der Waals surface area contributed by atoms with Gasteiger partial charge in [0.25, 0.3) is 8.53 Å². The van der Waals surface area contributed by atoms with Gasteiger partial charge in [0.2, 0.25) is 7.98 Å². The van der Waals surface area contributed by atoms with Crippen molar-refractivity contribution < 1.29 is 23.6 Å². The van der Waals surface area contributed by atoms with Gasteiger partial charge in [-0.1, -0.05) is 42.4 Å². The van der Waals surface area contributed by atoms with Crippen molar-refractivity contribution in [3.05, 3.63) is 11.4 Å². The molecule has 11 heteroatoms. The highest BCUT2D eigenvalue weighted by Gasteiger charge is 2.46. The van der Waals surface area contributed by atoms with Gasteiger partial charge in [0.1, 0.15) is 38.7 Å². The molecule has 0 spiro atoms. The minimum atomic E-state index is -1.44. The Hall–Kier alpha value is 0.445. The molecular weight excluding hydrogens is 442 g/mol. The quantitative estimate of drug-likeness (QED) is 0.101. The number of hydrogen-bond donors (Lipinski definition) is 1. The van der Waals surface area contributed by atoms with Crippen molar-refractivity contribution >= 4 is 38.0 Å². The molecule has 1 aliphatic rings. The van der Waals surface area contributed by atoms with Gasteiger partial charge in [0.15, 0.2) is 0 Å². The van der Waals surface area contributed by atoms with E-state index in [4.69, 9.17) is 26.5 Å². The van der Waals surface area contributed by atoms with Gasteiger partial charge in [0, 0.05) is 16.8 Å². The molecule has 7 nitrogen and oxygen atoms in total. The van der Waals surface area contributed by atoms with E-state index in [-0.39, 0.29) is 42.1 Å². The number of aliphatic hydroxyl groups is 1. The highest BCUT2D eigenvalue weighted by molar-refractivity contribution is 8.77. The highest BCUT2D eigenvalue weighted by Crippen LogP contribution is 2.49. The average Bonchev–Trinajstić information content (AvgIpc) is 2.92. The smallest absolute Gasteiger partial charge is 0.259 e. The monoisotopic (exact) mass is 481 g/mol. The molecule has 1 aliphatic heterocycles. The van der Waals surface area contributed by atoms with E-state index in [1.807, 2.05) is 7.85 Å². The predicted molar refractivity (Wildman–Crippen MR) is 130 cm³/mol. The van der Waals surface area contributed by atoms with E-state index < -0.39 is 20.7 Å². The Balaban J connectivity index is 2.97. The van der Waals surface area contributed by atoms with Crippen LogP contribution in [0.3, 0.4) is 0 Å². The minimum Gasteiger partial charge on any atom is -0.394 e. The van der Waals surface area contributed by atoms with Crippen molar-refractivity contribution in [3.8, 4) is 0 Å². The zero-order valence-electron chi connectivity index (χ0n) is 20.5. The second-order valence-electron chi connectivity index (χ2n) is 8.70. The Morgan fingerprint density at radius 2 is 1.97 bits per heavy atom. The molecule has 5 atom stereocenters. The molecule has 0 aromatic heterocycles. The zero-order valence-corrected chi connectivity index (χ0v) is 22.0. The van der Waals surface area contributed by atoms with E-state index >= 15 is 0 Å². The summed E-state index contributed by atoms with van der Waals surface area (Å²) in [4.78, 5) is 3.39. The fourth-order valence-electron chi connectivity index (χ4n) is 3.10. The maximum Gasteiger partial charge on any atom is 0.259 e. The van der Waals surface area contributed by atoms with Gasteiger partial charge in [-0.25, -0.2) is 11.2 Å². The lowest BCUT2D eigenvalue weighted by Crippen LogP contribution is -2.41. The Labute approximate surface area is 194 Å². The van der Waals surface area contributed by atoms with Crippen LogP contribution in [0.2, 0.25) is 0 Å². The van der Waals surface area contributed by atoms with Crippen LogP contribution >= 0.6 is 30.1 Å². The normalized spacial score (nSPS) is 26.4. The molecular formula is C19H38BN2O5PS2. The minimum absolute atomic E-state index is 0.0906. The van der Waals surface area contributed by atoms with E-state index in [0.717, 1.165) is 0 Å². The summed E-state index contributed by atoms with van der Waals surface area (Å²) >= 11 is 0. The van der Waals surface area contributed by atoms with Crippen molar-refractivity contribution in [1.29, 1.82) is 1.43 Å². The summed E-state index contributed by atoms with van der Waals surface area (Å²) in [6.07, 6.45) is -1.16. The summed E-state index contributed by atoms with van der Waals surface area (Å²) in [7, 11) is 3.94. The number of ether oxygens (including phenoxy) is 2. The summed E-state index contributed by atoms with van der Waals surface area (Å²) in [5, 5.41) is 4.65. The second-order valence-corrected chi connectivity index (χ2v) is 13.2. The van der Waals surface area contributed by atoms with Crippen LogP contribution in [0, 0.1) is 6.57 Å². The Morgan fingerprint density at radius 3 is 2.50 bits per heavy atom. The molecule has 0 saturated carbocycles. The molecule has 0 amide bonds.